The molecule has 0 spiro atoms. The van der Waals surface area contributed by atoms with E-state index in [-0.39, 0.29) is 52.8 Å². The van der Waals surface area contributed by atoms with E-state index < -0.39 is 0 Å². The first kappa shape index (κ1) is 57.2. The first-order valence-electron chi connectivity index (χ1n) is 0. The zero-order valence-electron chi connectivity index (χ0n) is 1.11. The molecule has 4 heteroatoms. The summed E-state index contributed by atoms with van der Waals surface area (Å²) < 4.78 is 0. The summed E-state index contributed by atoms with van der Waals surface area (Å²) in [5.41, 5.74) is 0. The maximum Gasteiger partial charge on any atom is 2.00 e. The third-order valence-corrected chi connectivity index (χ3v) is 0. The molecule has 0 aromatic rings. The zero-order valence-corrected chi connectivity index (χ0v) is 3.73. The van der Waals surface area contributed by atoms with E-state index in [4.69, 9.17) is 0 Å². The summed E-state index contributed by atoms with van der Waals surface area (Å²) in [4.78, 5) is 0. The van der Waals surface area contributed by atoms with Crippen LogP contribution in [0.4, 0.5) is 0 Å². The molecule has 0 rings (SSSR count). The van der Waals surface area contributed by atoms with Crippen LogP contribution >= 0.6 is 0 Å². The summed E-state index contributed by atoms with van der Waals surface area (Å²) in [6.45, 7) is 0. The van der Waals surface area contributed by atoms with Gasteiger partial charge >= 0.3 is 17.1 Å². The van der Waals surface area contributed by atoms with E-state index in [1.54, 1.807) is 0 Å². The van der Waals surface area contributed by atoms with E-state index in [0.717, 1.165) is 0 Å². The Morgan fingerprint density at radius 2 is 0.750 bits per heavy atom. The summed E-state index contributed by atoms with van der Waals surface area (Å²) in [6.07, 6.45) is 0. The Balaban J connectivity index is 0. The molecule has 0 aliphatic carbocycles. The standard InChI is InChI=1S/2ClH.Fe.H4Si/h2*1H;;1H4/q;;+2;/p-2. The van der Waals surface area contributed by atoms with E-state index in [0.29, 0.717) is 0 Å². The summed E-state index contributed by atoms with van der Waals surface area (Å²) in [5.74, 6) is 0. The number of hydrogen-bond acceptors (Lipinski definition) is 0. The van der Waals surface area contributed by atoms with Crippen molar-refractivity contribution in [1.82, 2.24) is 0 Å². The van der Waals surface area contributed by atoms with Crippen LogP contribution in [0.2, 0.25) is 0 Å². The van der Waals surface area contributed by atoms with Crippen LogP contribution in [0.15, 0.2) is 0 Å². The molecule has 30 valence electrons. The Bertz CT molecular complexity index is 6.00. The van der Waals surface area contributed by atoms with Crippen LogP contribution in [0.25, 0.3) is 0 Å². The van der Waals surface area contributed by atoms with Crippen molar-refractivity contribution >= 4 is 11.0 Å². The Morgan fingerprint density at radius 1 is 0.750 bits per heavy atom. The molecule has 0 aromatic heterocycles. The fraction of sp³-hybridized carbons (Fsp3) is 0. The van der Waals surface area contributed by atoms with Crippen LogP contribution < -0.4 is 24.8 Å². The van der Waals surface area contributed by atoms with Gasteiger partial charge in [-0.1, -0.05) is 0 Å². The SMILES string of the molecule is [Cl-].[Cl-].[Fe+2].[SiH4]. The molecule has 0 fully saturated rings. The smallest absolute Gasteiger partial charge is 1.00 e. The van der Waals surface area contributed by atoms with E-state index in [9.17, 15) is 0 Å². The summed E-state index contributed by atoms with van der Waals surface area (Å²) >= 11 is 0. The maximum absolute atomic E-state index is 0. The number of rotatable bonds is 0. The predicted octanol–water partition coefficient (Wildman–Crippen LogP) is -7.45. The van der Waals surface area contributed by atoms with Gasteiger partial charge in [-0.15, -0.1) is 0 Å². The Morgan fingerprint density at radius 3 is 0.750 bits per heavy atom. The molecular formula is H4Cl2FeSi. The minimum atomic E-state index is 0. The second kappa shape index (κ2) is 27.4. The average molecular weight is 159 g/mol. The van der Waals surface area contributed by atoms with Gasteiger partial charge in [-0.3, -0.25) is 0 Å². The topological polar surface area (TPSA) is 0 Å². The van der Waals surface area contributed by atoms with Crippen molar-refractivity contribution in [3.8, 4) is 0 Å². The quantitative estimate of drug-likeness (QED) is 0.308. The van der Waals surface area contributed by atoms with Crippen molar-refractivity contribution in [2.75, 3.05) is 0 Å². The van der Waals surface area contributed by atoms with Crippen molar-refractivity contribution in [2.24, 2.45) is 0 Å². The molecular weight excluding hydrogens is 155 g/mol. The molecule has 0 saturated carbocycles. The molecule has 4 heavy (non-hydrogen) atoms. The Hall–Kier alpha value is 1.32. The van der Waals surface area contributed by atoms with Crippen LogP contribution in [0.5, 0.6) is 0 Å². The molecule has 0 atom stereocenters. The van der Waals surface area contributed by atoms with Gasteiger partial charge in [0.1, 0.15) is 0 Å². The van der Waals surface area contributed by atoms with Gasteiger partial charge in [0.25, 0.3) is 0 Å². The van der Waals surface area contributed by atoms with Crippen LogP contribution in [0.3, 0.4) is 0 Å². The molecule has 0 aromatic carbocycles. The fourth-order valence-electron chi connectivity index (χ4n) is 0. The number of hydrogen-bond donors (Lipinski definition) is 0. The largest absolute Gasteiger partial charge is 2.00 e. The molecule has 0 radical (unpaired) electrons. The predicted molar refractivity (Wildman–Crippen MR) is 11.3 cm³/mol. The van der Waals surface area contributed by atoms with Crippen LogP contribution in [0.1, 0.15) is 0 Å². The fourth-order valence-corrected chi connectivity index (χ4v) is 0. The summed E-state index contributed by atoms with van der Waals surface area (Å²) in [6, 6.07) is 0. The van der Waals surface area contributed by atoms with Crippen LogP contribution in [0, 0.1) is 0 Å². The summed E-state index contributed by atoms with van der Waals surface area (Å²) in [7, 11) is 0. The Labute approximate surface area is 53.0 Å². The second-order valence-corrected chi connectivity index (χ2v) is 0. The third kappa shape index (κ3) is 10.3. The molecule has 0 bridgehead atoms. The Kier molecular flexibility index (Phi) is 391. The molecule has 0 saturated heterocycles. The third-order valence-electron chi connectivity index (χ3n) is 0. The van der Waals surface area contributed by atoms with E-state index in [1.165, 1.54) is 0 Å². The molecule has 0 nitrogen and oxygen atoms in total. The van der Waals surface area contributed by atoms with Gasteiger partial charge in [0, 0.05) is 0 Å². The van der Waals surface area contributed by atoms with E-state index in [1.807, 2.05) is 0 Å². The average Bonchev–Trinajstić information content (AvgIpc) is 0. The van der Waals surface area contributed by atoms with E-state index in [2.05, 4.69) is 0 Å². The summed E-state index contributed by atoms with van der Waals surface area (Å²) in [5, 5.41) is 0. The number of halogens is 2. The molecule has 0 amide bonds. The van der Waals surface area contributed by atoms with Gasteiger partial charge in [0.2, 0.25) is 0 Å². The van der Waals surface area contributed by atoms with Gasteiger partial charge in [0.05, 0.1) is 0 Å². The van der Waals surface area contributed by atoms with Gasteiger partial charge in [-0.05, 0) is 11.0 Å². The molecule has 0 heterocycles. The normalized spacial score (nSPS) is 0. The van der Waals surface area contributed by atoms with Crippen molar-refractivity contribution in [3.05, 3.63) is 0 Å². The minimum Gasteiger partial charge on any atom is -1.00 e. The van der Waals surface area contributed by atoms with Gasteiger partial charge in [-0.25, -0.2) is 0 Å². The van der Waals surface area contributed by atoms with Gasteiger partial charge in [0.15, 0.2) is 0 Å². The first-order chi connectivity index (χ1) is 0. The van der Waals surface area contributed by atoms with Crippen molar-refractivity contribution in [1.29, 1.82) is 0 Å². The van der Waals surface area contributed by atoms with Crippen molar-refractivity contribution in [2.45, 2.75) is 0 Å². The van der Waals surface area contributed by atoms with E-state index >= 15 is 0 Å². The minimum absolute atomic E-state index is 0. The van der Waals surface area contributed by atoms with Crippen LogP contribution in [-0.4, -0.2) is 11.0 Å². The zero-order chi connectivity index (χ0) is 0. The maximum atomic E-state index is 0. The monoisotopic (exact) mass is 158 g/mol. The molecule has 0 aliphatic heterocycles. The van der Waals surface area contributed by atoms with Crippen molar-refractivity contribution in [3.63, 3.8) is 0 Å². The van der Waals surface area contributed by atoms with Crippen molar-refractivity contribution < 1.29 is 41.9 Å². The van der Waals surface area contributed by atoms with Gasteiger partial charge in [-0.2, -0.15) is 0 Å². The van der Waals surface area contributed by atoms with Gasteiger partial charge < -0.3 is 24.8 Å². The second-order valence-electron chi connectivity index (χ2n) is 0. The first-order valence-corrected chi connectivity index (χ1v) is 0. The molecule has 0 unspecified atom stereocenters. The van der Waals surface area contributed by atoms with Crippen LogP contribution in [-0.2, 0) is 17.1 Å². The molecule has 0 aliphatic rings. The molecule has 0 N–H and O–H groups in total.